The van der Waals surface area contributed by atoms with Gasteiger partial charge in [-0.25, -0.2) is 4.98 Å². The highest BCUT2D eigenvalue weighted by Gasteiger charge is 2.11. The Bertz CT molecular complexity index is 566. The van der Waals surface area contributed by atoms with E-state index < -0.39 is 0 Å². The van der Waals surface area contributed by atoms with Crippen molar-refractivity contribution in [3.8, 4) is 0 Å². The van der Waals surface area contributed by atoms with Crippen LogP contribution >= 0.6 is 0 Å². The van der Waals surface area contributed by atoms with E-state index in [1.165, 1.54) is 6.20 Å². The molecule has 1 heterocycles. The number of hydrogen-bond donors (Lipinski definition) is 2. The summed E-state index contributed by atoms with van der Waals surface area (Å²) in [5.74, 6) is 0. The molecule has 0 aliphatic heterocycles. The van der Waals surface area contributed by atoms with Gasteiger partial charge in [-0.3, -0.25) is 4.79 Å². The molecule has 0 fully saturated rings. The predicted octanol–water partition coefficient (Wildman–Crippen LogP) is 1.20. The van der Waals surface area contributed by atoms with E-state index in [1.54, 1.807) is 0 Å². The maximum atomic E-state index is 11.1. The summed E-state index contributed by atoms with van der Waals surface area (Å²) in [5.41, 5.74) is 8.21. The largest absolute Gasteiger partial charge is 0.325 e. The maximum Gasteiger partial charge on any atom is 0.266 e. The SMILES string of the molecule is CC(C)(N)Cc1ccc2[nH]c(=O)cnc2c1. The zero-order chi connectivity index (χ0) is 11.8. The summed E-state index contributed by atoms with van der Waals surface area (Å²) in [6.45, 7) is 3.97. The summed E-state index contributed by atoms with van der Waals surface area (Å²) in [7, 11) is 0. The molecule has 0 aliphatic carbocycles. The minimum atomic E-state index is -0.240. The summed E-state index contributed by atoms with van der Waals surface area (Å²) in [4.78, 5) is 17.9. The molecule has 84 valence electrons. The molecular weight excluding hydrogens is 202 g/mol. The lowest BCUT2D eigenvalue weighted by Gasteiger charge is -2.18. The summed E-state index contributed by atoms with van der Waals surface area (Å²) < 4.78 is 0. The molecule has 2 rings (SSSR count). The van der Waals surface area contributed by atoms with Gasteiger partial charge in [-0.15, -0.1) is 0 Å². The molecule has 3 N–H and O–H groups in total. The topological polar surface area (TPSA) is 71.8 Å². The molecular formula is C12H15N3O. The number of aromatic nitrogens is 2. The fourth-order valence-corrected chi connectivity index (χ4v) is 1.72. The smallest absolute Gasteiger partial charge is 0.266 e. The Hall–Kier alpha value is -1.68. The third kappa shape index (κ3) is 2.46. The molecule has 0 atom stereocenters. The Morgan fingerprint density at radius 3 is 2.88 bits per heavy atom. The lowest BCUT2D eigenvalue weighted by Crippen LogP contribution is -2.34. The quantitative estimate of drug-likeness (QED) is 0.794. The number of aromatic amines is 1. The first-order valence-electron chi connectivity index (χ1n) is 5.21. The molecule has 0 saturated carbocycles. The van der Waals surface area contributed by atoms with E-state index in [2.05, 4.69) is 9.97 Å². The molecule has 0 saturated heterocycles. The lowest BCUT2D eigenvalue weighted by molar-refractivity contribution is 0.517. The van der Waals surface area contributed by atoms with Crippen molar-refractivity contribution in [2.75, 3.05) is 0 Å². The highest BCUT2D eigenvalue weighted by Crippen LogP contribution is 2.14. The third-order valence-electron chi connectivity index (χ3n) is 2.30. The van der Waals surface area contributed by atoms with Crippen LogP contribution in [0.15, 0.2) is 29.2 Å². The van der Waals surface area contributed by atoms with Crippen molar-refractivity contribution >= 4 is 11.0 Å². The number of H-pyrrole nitrogens is 1. The molecule has 0 spiro atoms. The minimum Gasteiger partial charge on any atom is -0.325 e. The molecule has 2 aromatic rings. The van der Waals surface area contributed by atoms with Gasteiger partial charge in [0.1, 0.15) is 0 Å². The van der Waals surface area contributed by atoms with Crippen molar-refractivity contribution in [3.05, 3.63) is 40.3 Å². The lowest BCUT2D eigenvalue weighted by atomic mass is 9.96. The van der Waals surface area contributed by atoms with E-state index in [9.17, 15) is 4.79 Å². The zero-order valence-electron chi connectivity index (χ0n) is 9.45. The van der Waals surface area contributed by atoms with Gasteiger partial charge in [0.05, 0.1) is 17.2 Å². The van der Waals surface area contributed by atoms with E-state index in [0.29, 0.717) is 0 Å². The van der Waals surface area contributed by atoms with Crippen LogP contribution in [0.3, 0.4) is 0 Å². The van der Waals surface area contributed by atoms with Gasteiger partial charge in [0.25, 0.3) is 5.56 Å². The fourth-order valence-electron chi connectivity index (χ4n) is 1.72. The van der Waals surface area contributed by atoms with Crippen molar-refractivity contribution in [1.29, 1.82) is 0 Å². The second-order valence-electron chi connectivity index (χ2n) is 4.76. The van der Waals surface area contributed by atoms with Crippen LogP contribution in [-0.4, -0.2) is 15.5 Å². The van der Waals surface area contributed by atoms with Crippen LogP contribution in [-0.2, 0) is 6.42 Å². The van der Waals surface area contributed by atoms with E-state index in [1.807, 2.05) is 32.0 Å². The standard InChI is InChI=1S/C12H15N3O/c1-12(2,13)6-8-3-4-9-10(5-8)14-7-11(16)15-9/h3-5,7H,6,13H2,1-2H3,(H,15,16). The third-order valence-corrected chi connectivity index (χ3v) is 2.30. The van der Waals surface area contributed by atoms with Gasteiger partial charge in [-0.2, -0.15) is 0 Å². The zero-order valence-corrected chi connectivity index (χ0v) is 9.45. The van der Waals surface area contributed by atoms with Crippen LogP contribution in [0.2, 0.25) is 0 Å². The van der Waals surface area contributed by atoms with Crippen LogP contribution in [0, 0.1) is 0 Å². The van der Waals surface area contributed by atoms with Crippen LogP contribution in [0.5, 0.6) is 0 Å². The number of rotatable bonds is 2. The second-order valence-corrected chi connectivity index (χ2v) is 4.76. The van der Waals surface area contributed by atoms with Gasteiger partial charge >= 0.3 is 0 Å². The molecule has 0 bridgehead atoms. The van der Waals surface area contributed by atoms with Crippen molar-refractivity contribution in [1.82, 2.24) is 9.97 Å². The second kappa shape index (κ2) is 3.72. The highest BCUT2D eigenvalue weighted by atomic mass is 16.1. The van der Waals surface area contributed by atoms with Crippen molar-refractivity contribution < 1.29 is 0 Å². The Labute approximate surface area is 93.5 Å². The molecule has 0 unspecified atom stereocenters. The Kier molecular flexibility index (Phi) is 2.52. The number of nitrogens with two attached hydrogens (primary N) is 1. The Morgan fingerprint density at radius 1 is 1.44 bits per heavy atom. The van der Waals surface area contributed by atoms with E-state index in [0.717, 1.165) is 23.0 Å². The maximum absolute atomic E-state index is 11.1. The molecule has 0 radical (unpaired) electrons. The number of benzene rings is 1. The molecule has 0 amide bonds. The van der Waals surface area contributed by atoms with Crippen molar-refractivity contribution in [2.24, 2.45) is 5.73 Å². The van der Waals surface area contributed by atoms with Gasteiger partial charge in [-0.05, 0) is 38.0 Å². The Morgan fingerprint density at radius 2 is 2.19 bits per heavy atom. The molecule has 1 aromatic heterocycles. The van der Waals surface area contributed by atoms with Crippen LogP contribution in [0.4, 0.5) is 0 Å². The average Bonchev–Trinajstić information content (AvgIpc) is 2.16. The van der Waals surface area contributed by atoms with E-state index in [4.69, 9.17) is 5.73 Å². The molecule has 4 nitrogen and oxygen atoms in total. The summed E-state index contributed by atoms with van der Waals surface area (Å²) in [6.07, 6.45) is 2.07. The van der Waals surface area contributed by atoms with Gasteiger partial charge in [0.15, 0.2) is 0 Å². The normalized spacial score (nSPS) is 11.9. The number of fused-ring (bicyclic) bond motifs is 1. The fraction of sp³-hybridized carbons (Fsp3) is 0.333. The predicted molar refractivity (Wildman–Crippen MR) is 64.3 cm³/mol. The van der Waals surface area contributed by atoms with E-state index in [-0.39, 0.29) is 11.1 Å². The highest BCUT2D eigenvalue weighted by molar-refractivity contribution is 5.74. The molecule has 1 aromatic carbocycles. The number of nitrogens with one attached hydrogen (secondary N) is 1. The van der Waals surface area contributed by atoms with Gasteiger partial charge in [0, 0.05) is 5.54 Å². The first-order chi connectivity index (χ1) is 7.44. The average molecular weight is 217 g/mol. The number of nitrogens with zero attached hydrogens (tertiary/aromatic N) is 1. The van der Waals surface area contributed by atoms with Gasteiger partial charge in [-0.1, -0.05) is 6.07 Å². The number of hydrogen-bond acceptors (Lipinski definition) is 3. The van der Waals surface area contributed by atoms with Crippen LogP contribution in [0.1, 0.15) is 19.4 Å². The van der Waals surface area contributed by atoms with Crippen molar-refractivity contribution in [2.45, 2.75) is 25.8 Å². The summed E-state index contributed by atoms with van der Waals surface area (Å²) in [6, 6.07) is 5.79. The molecule has 16 heavy (non-hydrogen) atoms. The van der Waals surface area contributed by atoms with Crippen LogP contribution in [0.25, 0.3) is 11.0 Å². The van der Waals surface area contributed by atoms with E-state index >= 15 is 0 Å². The Balaban J connectivity index is 2.45. The molecule has 4 heteroatoms. The first-order valence-corrected chi connectivity index (χ1v) is 5.21. The van der Waals surface area contributed by atoms with Crippen molar-refractivity contribution in [3.63, 3.8) is 0 Å². The van der Waals surface area contributed by atoms with Gasteiger partial charge < -0.3 is 10.7 Å². The summed E-state index contributed by atoms with van der Waals surface area (Å²) in [5, 5.41) is 0. The van der Waals surface area contributed by atoms with Gasteiger partial charge in [0.2, 0.25) is 0 Å². The minimum absolute atomic E-state index is 0.181. The summed E-state index contributed by atoms with van der Waals surface area (Å²) >= 11 is 0. The first kappa shape index (κ1) is 10.8. The van der Waals surface area contributed by atoms with Crippen LogP contribution < -0.4 is 11.3 Å². The monoisotopic (exact) mass is 217 g/mol. The molecule has 0 aliphatic rings.